The Hall–Kier alpha value is -0.870. The third kappa shape index (κ3) is 4.77. The van der Waals surface area contributed by atoms with Gasteiger partial charge >= 0.3 is 0 Å². The van der Waals surface area contributed by atoms with E-state index in [4.69, 9.17) is 0 Å². The number of amides is 1. The summed E-state index contributed by atoms with van der Waals surface area (Å²) in [6, 6.07) is 6.31. The van der Waals surface area contributed by atoms with Crippen molar-refractivity contribution in [2.24, 2.45) is 0 Å². The molecule has 0 heterocycles. The third-order valence-corrected chi connectivity index (χ3v) is 3.10. The largest absolute Gasteiger partial charge is 0.355 e. The molecule has 1 rings (SSSR count). The van der Waals surface area contributed by atoms with Gasteiger partial charge < -0.3 is 10.6 Å². The minimum atomic E-state index is 0.0138. The van der Waals surface area contributed by atoms with Crippen LogP contribution in [0.2, 0.25) is 0 Å². The summed E-state index contributed by atoms with van der Waals surface area (Å²) in [5.74, 6) is 0.0138. The lowest BCUT2D eigenvalue weighted by Crippen LogP contribution is -2.29. The molecule has 0 aliphatic carbocycles. The Labute approximate surface area is 105 Å². The summed E-state index contributed by atoms with van der Waals surface area (Å²) >= 11 is 3.50. The zero-order valence-electron chi connectivity index (χ0n) is 9.64. The van der Waals surface area contributed by atoms with Crippen LogP contribution in [-0.2, 0) is 11.3 Å². The Morgan fingerprint density at radius 3 is 2.75 bits per heavy atom. The molecule has 0 saturated carbocycles. The second-order valence-electron chi connectivity index (χ2n) is 3.74. The Kier molecular flexibility index (Phi) is 5.49. The van der Waals surface area contributed by atoms with Crippen molar-refractivity contribution in [3.63, 3.8) is 0 Å². The first kappa shape index (κ1) is 13.2. The van der Waals surface area contributed by atoms with Crippen molar-refractivity contribution >= 4 is 21.8 Å². The highest BCUT2D eigenvalue weighted by Gasteiger charge is 1.97. The summed E-state index contributed by atoms with van der Waals surface area (Å²) in [5.41, 5.74) is 2.47. The maximum absolute atomic E-state index is 10.6. The van der Waals surface area contributed by atoms with Gasteiger partial charge in [-0.05, 0) is 24.1 Å². The summed E-state index contributed by atoms with van der Waals surface area (Å²) in [5, 5.41) is 6.01. The summed E-state index contributed by atoms with van der Waals surface area (Å²) in [7, 11) is 0. The Morgan fingerprint density at radius 1 is 1.38 bits per heavy atom. The number of benzene rings is 1. The van der Waals surface area contributed by atoms with E-state index in [9.17, 15) is 4.79 Å². The average Bonchev–Trinajstić information content (AvgIpc) is 2.22. The van der Waals surface area contributed by atoms with Gasteiger partial charge in [-0.3, -0.25) is 4.79 Å². The molecule has 88 valence electrons. The van der Waals surface area contributed by atoms with E-state index < -0.39 is 0 Å². The van der Waals surface area contributed by atoms with Gasteiger partial charge in [-0.15, -0.1) is 0 Å². The Balaban J connectivity index is 2.27. The van der Waals surface area contributed by atoms with Crippen LogP contribution >= 0.6 is 15.9 Å². The zero-order chi connectivity index (χ0) is 12.0. The summed E-state index contributed by atoms with van der Waals surface area (Å²) in [6.45, 7) is 5.86. The lowest BCUT2D eigenvalue weighted by molar-refractivity contribution is -0.118. The van der Waals surface area contributed by atoms with Gasteiger partial charge in [0.15, 0.2) is 0 Å². The first-order chi connectivity index (χ1) is 7.59. The molecule has 1 aromatic rings. The molecule has 0 atom stereocenters. The van der Waals surface area contributed by atoms with E-state index >= 15 is 0 Å². The van der Waals surface area contributed by atoms with Crippen LogP contribution in [0.25, 0.3) is 0 Å². The molecule has 16 heavy (non-hydrogen) atoms. The number of rotatable bonds is 5. The van der Waals surface area contributed by atoms with Crippen LogP contribution in [-0.4, -0.2) is 19.0 Å². The zero-order valence-corrected chi connectivity index (χ0v) is 11.2. The van der Waals surface area contributed by atoms with Crippen LogP contribution in [0.15, 0.2) is 22.7 Å². The van der Waals surface area contributed by atoms with E-state index in [0.717, 1.165) is 17.6 Å². The van der Waals surface area contributed by atoms with Crippen LogP contribution in [0.5, 0.6) is 0 Å². The lowest BCUT2D eigenvalue weighted by Gasteiger charge is -2.07. The van der Waals surface area contributed by atoms with Crippen molar-refractivity contribution in [1.82, 2.24) is 10.6 Å². The van der Waals surface area contributed by atoms with Crippen molar-refractivity contribution in [3.8, 4) is 0 Å². The Morgan fingerprint density at radius 2 is 2.12 bits per heavy atom. The topological polar surface area (TPSA) is 41.1 Å². The first-order valence-electron chi connectivity index (χ1n) is 5.30. The highest BCUT2D eigenvalue weighted by atomic mass is 79.9. The van der Waals surface area contributed by atoms with Crippen molar-refractivity contribution < 1.29 is 4.79 Å². The Bertz CT molecular complexity index is 366. The summed E-state index contributed by atoms with van der Waals surface area (Å²) in [4.78, 5) is 10.6. The number of nitrogens with one attached hydrogen (secondary N) is 2. The predicted octanol–water partition coefficient (Wildman–Crippen LogP) is 1.98. The van der Waals surface area contributed by atoms with E-state index in [2.05, 4.69) is 51.7 Å². The maximum atomic E-state index is 10.6. The molecule has 0 unspecified atom stereocenters. The molecule has 4 heteroatoms. The average molecular weight is 285 g/mol. The molecular weight excluding hydrogens is 268 g/mol. The van der Waals surface area contributed by atoms with Gasteiger partial charge in [-0.1, -0.05) is 28.1 Å². The summed E-state index contributed by atoms with van der Waals surface area (Å²) in [6.07, 6.45) is 0. The highest BCUT2D eigenvalue weighted by molar-refractivity contribution is 9.10. The van der Waals surface area contributed by atoms with Crippen LogP contribution in [0.3, 0.4) is 0 Å². The second kappa shape index (κ2) is 6.66. The lowest BCUT2D eigenvalue weighted by atomic mass is 10.1. The third-order valence-electron chi connectivity index (χ3n) is 2.24. The molecule has 0 radical (unpaired) electrons. The van der Waals surface area contributed by atoms with E-state index in [0.29, 0.717) is 6.54 Å². The molecule has 0 aliphatic rings. The number of hydrogen-bond acceptors (Lipinski definition) is 2. The van der Waals surface area contributed by atoms with E-state index in [1.165, 1.54) is 18.1 Å². The smallest absolute Gasteiger partial charge is 0.216 e. The molecule has 0 saturated heterocycles. The molecular formula is C12H17BrN2O. The summed E-state index contributed by atoms with van der Waals surface area (Å²) < 4.78 is 1.13. The van der Waals surface area contributed by atoms with Gasteiger partial charge in [0, 0.05) is 31.0 Å². The van der Waals surface area contributed by atoms with Gasteiger partial charge in [-0.2, -0.15) is 0 Å². The van der Waals surface area contributed by atoms with Crippen molar-refractivity contribution in [2.45, 2.75) is 20.4 Å². The molecule has 2 N–H and O–H groups in total. The van der Waals surface area contributed by atoms with E-state index in [-0.39, 0.29) is 5.91 Å². The fourth-order valence-corrected chi connectivity index (χ4v) is 1.73. The first-order valence-corrected chi connectivity index (χ1v) is 6.09. The van der Waals surface area contributed by atoms with E-state index in [1.807, 2.05) is 0 Å². The van der Waals surface area contributed by atoms with Gasteiger partial charge in [0.2, 0.25) is 5.91 Å². The maximum Gasteiger partial charge on any atom is 0.216 e. The van der Waals surface area contributed by atoms with Crippen molar-refractivity contribution in [2.75, 3.05) is 13.1 Å². The molecule has 0 fully saturated rings. The number of carbonyl (C=O) groups excluding carboxylic acids is 1. The van der Waals surface area contributed by atoms with Gasteiger partial charge in [0.25, 0.3) is 0 Å². The van der Waals surface area contributed by atoms with Crippen LogP contribution < -0.4 is 10.6 Å². The fourth-order valence-electron chi connectivity index (χ4n) is 1.31. The monoisotopic (exact) mass is 284 g/mol. The molecule has 0 aromatic heterocycles. The number of carbonyl (C=O) groups is 1. The molecule has 3 nitrogen and oxygen atoms in total. The molecule has 0 bridgehead atoms. The highest BCUT2D eigenvalue weighted by Crippen LogP contribution is 2.17. The minimum Gasteiger partial charge on any atom is -0.355 e. The standard InChI is InChI=1S/C12H17BrN2O/c1-9-3-4-11(7-12(9)13)8-14-5-6-15-10(2)16/h3-4,7,14H,5-6,8H2,1-2H3,(H,15,16). The van der Waals surface area contributed by atoms with Gasteiger partial charge in [-0.25, -0.2) is 0 Å². The second-order valence-corrected chi connectivity index (χ2v) is 4.60. The van der Waals surface area contributed by atoms with Gasteiger partial charge in [0.1, 0.15) is 0 Å². The van der Waals surface area contributed by atoms with Crippen LogP contribution in [0.1, 0.15) is 18.1 Å². The molecule has 1 amide bonds. The predicted molar refractivity (Wildman–Crippen MR) is 69.3 cm³/mol. The number of aryl methyl sites for hydroxylation is 1. The number of halogens is 1. The quantitative estimate of drug-likeness (QED) is 0.812. The van der Waals surface area contributed by atoms with Gasteiger partial charge in [0.05, 0.1) is 0 Å². The molecule has 1 aromatic carbocycles. The van der Waals surface area contributed by atoms with Crippen molar-refractivity contribution in [3.05, 3.63) is 33.8 Å². The number of hydrogen-bond donors (Lipinski definition) is 2. The molecule has 0 spiro atoms. The minimum absolute atomic E-state index is 0.0138. The normalized spacial score (nSPS) is 10.2. The molecule has 0 aliphatic heterocycles. The van der Waals surface area contributed by atoms with E-state index in [1.54, 1.807) is 0 Å². The van der Waals surface area contributed by atoms with Crippen LogP contribution in [0, 0.1) is 6.92 Å². The fraction of sp³-hybridized carbons (Fsp3) is 0.417. The van der Waals surface area contributed by atoms with Crippen LogP contribution in [0.4, 0.5) is 0 Å². The SMILES string of the molecule is CC(=O)NCCNCc1ccc(C)c(Br)c1. The van der Waals surface area contributed by atoms with Crippen molar-refractivity contribution in [1.29, 1.82) is 0 Å².